The molecule has 0 amide bonds. The zero-order chi connectivity index (χ0) is 21.1. The molecule has 0 saturated heterocycles. The molecule has 4 aliphatic carbocycles. The van der Waals surface area contributed by atoms with E-state index in [1.807, 2.05) is 0 Å². The van der Waals surface area contributed by atoms with Gasteiger partial charge in [0, 0.05) is 29.4 Å². The van der Waals surface area contributed by atoms with Crippen molar-refractivity contribution in [1.29, 1.82) is 5.26 Å². The van der Waals surface area contributed by atoms with Crippen LogP contribution >= 0.6 is 0 Å². The second-order valence-electron chi connectivity index (χ2n) is 7.76. The number of H-pyrrole nitrogens is 2. The van der Waals surface area contributed by atoms with E-state index in [1.165, 1.54) is 6.92 Å². The summed E-state index contributed by atoms with van der Waals surface area (Å²) in [7, 11) is 0. The normalized spacial score (nSPS) is 25.5. The Bertz CT molecular complexity index is 892. The van der Waals surface area contributed by atoms with Crippen molar-refractivity contribution in [2.75, 3.05) is 0 Å². The van der Waals surface area contributed by atoms with Gasteiger partial charge in [-0.2, -0.15) is 41.8 Å². The molecule has 2 N–H and O–H groups in total. The zero-order valence-electron chi connectivity index (χ0n) is 15.2. The monoisotopic (exact) mass is 449 g/mol. The van der Waals surface area contributed by atoms with E-state index in [0.29, 0.717) is 34.4 Å². The van der Waals surface area contributed by atoms with Crippen molar-refractivity contribution < 1.29 is 26.3 Å². The van der Waals surface area contributed by atoms with Crippen LogP contribution in [-0.2, 0) is 25.2 Å². The first-order chi connectivity index (χ1) is 13.6. The van der Waals surface area contributed by atoms with Gasteiger partial charge in [0.25, 0.3) is 0 Å². The largest absolute Gasteiger partial charge is 0.435 e. The molecule has 2 aromatic heterocycles. The lowest BCUT2D eigenvalue weighted by atomic mass is 10.1. The summed E-state index contributed by atoms with van der Waals surface area (Å²) in [5.41, 5.74) is 0.914. The molecule has 2 aromatic rings. The van der Waals surface area contributed by atoms with Gasteiger partial charge in [-0.05, 0) is 49.4 Å². The van der Waals surface area contributed by atoms with Crippen LogP contribution in [0.5, 0.6) is 0 Å². The van der Waals surface area contributed by atoms with Crippen LogP contribution < -0.4 is 0 Å². The maximum atomic E-state index is 12.4. The lowest BCUT2D eigenvalue weighted by Gasteiger charge is -2.03. The minimum Gasteiger partial charge on any atom is -0.282 e. The third-order valence-electron chi connectivity index (χ3n) is 5.82. The number of aromatic amines is 2. The molecule has 4 atom stereocenters. The molecule has 0 aliphatic heterocycles. The second-order valence-corrected chi connectivity index (χ2v) is 7.76. The fraction of sp³-hybridized carbons (Fsp3) is 0.650. The summed E-state index contributed by atoms with van der Waals surface area (Å²) in [6.45, 7) is 1.43. The second kappa shape index (κ2) is 8.20. The molecule has 2 saturated carbocycles. The van der Waals surface area contributed by atoms with E-state index in [0.717, 1.165) is 25.7 Å². The number of fused-ring (bicyclic) bond motifs is 6. The van der Waals surface area contributed by atoms with Gasteiger partial charge < -0.3 is 0 Å². The van der Waals surface area contributed by atoms with E-state index in [2.05, 4.69) is 20.4 Å². The number of aromatic nitrogens is 4. The fourth-order valence-electron chi connectivity index (χ4n) is 4.49. The predicted molar refractivity (Wildman–Crippen MR) is 101 cm³/mol. The molecule has 2 fully saturated rings. The van der Waals surface area contributed by atoms with Crippen LogP contribution in [0.25, 0.3) is 0 Å². The van der Waals surface area contributed by atoms with Crippen molar-refractivity contribution in [1.82, 2.24) is 20.4 Å². The molecule has 6 rings (SSSR count). The average Bonchev–Trinajstić information content (AvgIpc) is 3.27. The minimum absolute atomic E-state index is 0. The van der Waals surface area contributed by atoms with Crippen molar-refractivity contribution in [2.24, 2.45) is 11.8 Å². The number of alkyl halides is 6. The van der Waals surface area contributed by atoms with Crippen molar-refractivity contribution in [3.05, 3.63) is 33.9 Å². The van der Waals surface area contributed by atoms with E-state index in [1.54, 1.807) is 6.07 Å². The van der Waals surface area contributed by atoms with Crippen LogP contribution in [0.15, 0.2) is 0 Å². The summed E-state index contributed by atoms with van der Waals surface area (Å²) in [6.07, 6.45) is -5.25. The molecule has 0 aromatic carbocycles. The molecule has 0 bridgehead atoms. The quantitative estimate of drug-likeness (QED) is 0.486. The molecule has 0 spiro atoms. The molecule has 5 nitrogen and oxygen atoms in total. The number of hydrogen-bond acceptors (Lipinski definition) is 3. The van der Waals surface area contributed by atoms with Gasteiger partial charge >= 0.3 is 12.4 Å². The van der Waals surface area contributed by atoms with Crippen LogP contribution in [0.4, 0.5) is 26.3 Å². The Morgan fingerprint density at radius 1 is 0.806 bits per heavy atom. The van der Waals surface area contributed by atoms with Gasteiger partial charge in [0.2, 0.25) is 0 Å². The van der Waals surface area contributed by atoms with Crippen LogP contribution in [0.1, 0.15) is 80.4 Å². The summed E-state index contributed by atoms with van der Waals surface area (Å²) >= 11 is 0. The number of nitrogens with zero attached hydrogens (tertiary/aromatic N) is 3. The van der Waals surface area contributed by atoms with Crippen LogP contribution in [-0.4, -0.2) is 20.4 Å². The van der Waals surface area contributed by atoms with Crippen molar-refractivity contribution in [3.63, 3.8) is 0 Å². The van der Waals surface area contributed by atoms with Crippen LogP contribution in [0, 0.1) is 23.2 Å². The lowest BCUT2D eigenvalue weighted by Crippen LogP contribution is -2.08. The summed E-state index contributed by atoms with van der Waals surface area (Å²) in [4.78, 5) is 0. The summed E-state index contributed by atoms with van der Waals surface area (Å²) in [5.74, 6) is 1.21. The number of nitriles is 1. The minimum atomic E-state index is -4.29. The smallest absolute Gasteiger partial charge is 0.282 e. The SMILES string of the molecule is C.C.CC#N.FC(F)(F)c1n[nH]c2c1C1CC1C2.FC(F)(F)c1n[nH]c2c1[C@H]1C[C@H]1C2. The van der Waals surface area contributed by atoms with E-state index in [-0.39, 0.29) is 26.7 Å². The zero-order valence-corrected chi connectivity index (χ0v) is 15.2. The van der Waals surface area contributed by atoms with Gasteiger partial charge in [-0.15, -0.1) is 0 Å². The fourth-order valence-corrected chi connectivity index (χ4v) is 4.49. The molecule has 2 heterocycles. The van der Waals surface area contributed by atoms with E-state index < -0.39 is 23.7 Å². The van der Waals surface area contributed by atoms with Gasteiger partial charge in [0.05, 0.1) is 6.07 Å². The Morgan fingerprint density at radius 2 is 1.13 bits per heavy atom. The maximum absolute atomic E-state index is 12.4. The van der Waals surface area contributed by atoms with Crippen LogP contribution in [0.3, 0.4) is 0 Å². The maximum Gasteiger partial charge on any atom is 0.435 e. The predicted octanol–water partition coefficient (Wildman–Crippen LogP) is 5.98. The third kappa shape index (κ3) is 4.43. The number of nitrogens with one attached hydrogen (secondary N) is 2. The summed E-state index contributed by atoms with van der Waals surface area (Å²) in [6, 6.07) is 1.75. The van der Waals surface area contributed by atoms with Gasteiger partial charge in [-0.3, -0.25) is 10.2 Å². The summed E-state index contributed by atoms with van der Waals surface area (Å²) < 4.78 is 74.3. The summed E-state index contributed by atoms with van der Waals surface area (Å²) in [5, 5.41) is 19.0. The highest BCUT2D eigenvalue weighted by atomic mass is 19.4. The molecule has 2 unspecified atom stereocenters. The highest BCUT2D eigenvalue weighted by molar-refractivity contribution is 5.42. The first-order valence-corrected chi connectivity index (χ1v) is 9.15. The number of hydrogen-bond donors (Lipinski definition) is 2. The van der Waals surface area contributed by atoms with E-state index in [4.69, 9.17) is 5.26 Å². The highest BCUT2D eigenvalue weighted by Crippen LogP contribution is 2.59. The van der Waals surface area contributed by atoms with Crippen molar-refractivity contribution >= 4 is 0 Å². The Morgan fingerprint density at radius 3 is 1.42 bits per heavy atom. The van der Waals surface area contributed by atoms with Gasteiger partial charge in [-0.1, -0.05) is 14.9 Å². The molecule has 172 valence electrons. The molecule has 31 heavy (non-hydrogen) atoms. The number of halogens is 6. The average molecular weight is 449 g/mol. The first kappa shape index (κ1) is 24.8. The topological polar surface area (TPSA) is 81.2 Å². The standard InChI is InChI=1S/2C8H7F3N2.C2H3N.2CH4/c2*9-8(10,11)7-6-4-1-3(4)2-5(6)12-13-7;1-2-3;;/h2*3-4H,1-2H2,(H,12,13);1H3;2*1H4/t3-,4-;;;;/m0..../s1. The Balaban J connectivity index is 0.000000185. The molecular weight excluding hydrogens is 424 g/mol. The molecule has 4 aliphatic rings. The molecular formula is C20H25F6N5. The Labute approximate surface area is 176 Å². The van der Waals surface area contributed by atoms with Gasteiger partial charge in [0.15, 0.2) is 11.4 Å². The van der Waals surface area contributed by atoms with Gasteiger partial charge in [0.1, 0.15) is 0 Å². The van der Waals surface area contributed by atoms with Crippen molar-refractivity contribution in [3.8, 4) is 6.07 Å². The Hall–Kier alpha value is -2.51. The lowest BCUT2D eigenvalue weighted by molar-refractivity contribution is -0.142. The highest BCUT2D eigenvalue weighted by Gasteiger charge is 2.53. The third-order valence-corrected chi connectivity index (χ3v) is 5.82. The molecule has 11 heteroatoms. The first-order valence-electron chi connectivity index (χ1n) is 9.15. The van der Waals surface area contributed by atoms with Gasteiger partial charge in [-0.25, -0.2) is 0 Å². The number of rotatable bonds is 0. The van der Waals surface area contributed by atoms with E-state index >= 15 is 0 Å². The molecule has 0 radical (unpaired) electrons. The Kier molecular flexibility index (Phi) is 6.55. The van der Waals surface area contributed by atoms with Crippen LogP contribution in [0.2, 0.25) is 0 Å². The van der Waals surface area contributed by atoms with Crippen molar-refractivity contribution in [2.45, 2.75) is 71.6 Å². The van der Waals surface area contributed by atoms with E-state index in [9.17, 15) is 26.3 Å².